The largest absolute Gasteiger partial charge is 0.377 e. The van der Waals surface area contributed by atoms with Crippen molar-refractivity contribution in [2.75, 3.05) is 12.9 Å². The van der Waals surface area contributed by atoms with Crippen LogP contribution in [0.25, 0.3) is 0 Å². The van der Waals surface area contributed by atoms with Gasteiger partial charge in [-0.05, 0) is 31.5 Å². The van der Waals surface area contributed by atoms with E-state index in [9.17, 15) is 8.42 Å². The monoisotopic (exact) mass is 257 g/mol. The van der Waals surface area contributed by atoms with Crippen LogP contribution >= 0.6 is 0 Å². The molecular weight excluding hydrogens is 238 g/mol. The summed E-state index contributed by atoms with van der Waals surface area (Å²) in [5.74, 6) is 0. The normalized spacial score (nSPS) is 13.9. The maximum Gasteiger partial charge on any atom is 0.175 e. The van der Waals surface area contributed by atoms with Gasteiger partial charge in [0.1, 0.15) is 0 Å². The molecule has 0 aliphatic heterocycles. The van der Waals surface area contributed by atoms with Gasteiger partial charge in [-0.15, -0.1) is 0 Å². The zero-order valence-electron chi connectivity index (χ0n) is 10.4. The second-order valence-electron chi connectivity index (χ2n) is 4.33. The molecule has 0 bridgehead atoms. The predicted octanol–water partition coefficient (Wildman–Crippen LogP) is 1.51. The molecule has 0 saturated heterocycles. The summed E-state index contributed by atoms with van der Waals surface area (Å²) in [6.07, 6.45) is 1.32. The highest BCUT2D eigenvalue weighted by Crippen LogP contribution is 2.15. The van der Waals surface area contributed by atoms with E-state index in [1.165, 1.54) is 6.26 Å². The Kier molecular flexibility index (Phi) is 4.68. The Bertz CT molecular complexity index is 451. The Hall–Kier alpha value is -0.910. The molecule has 0 amide bonds. The van der Waals surface area contributed by atoms with E-state index < -0.39 is 9.84 Å². The van der Waals surface area contributed by atoms with Gasteiger partial charge in [0, 0.05) is 6.26 Å². The van der Waals surface area contributed by atoms with Gasteiger partial charge >= 0.3 is 0 Å². The van der Waals surface area contributed by atoms with E-state index in [2.05, 4.69) is 0 Å². The molecule has 0 fully saturated rings. The maximum absolute atomic E-state index is 11.3. The Morgan fingerprint density at radius 3 is 2.18 bits per heavy atom. The molecule has 17 heavy (non-hydrogen) atoms. The van der Waals surface area contributed by atoms with Crippen molar-refractivity contribution in [3.8, 4) is 0 Å². The van der Waals surface area contributed by atoms with Gasteiger partial charge in [-0.25, -0.2) is 8.42 Å². The third-order valence-electron chi connectivity index (χ3n) is 2.35. The maximum atomic E-state index is 11.3. The van der Waals surface area contributed by atoms with Gasteiger partial charge in [0.05, 0.1) is 23.6 Å². The summed E-state index contributed by atoms with van der Waals surface area (Å²) in [5.41, 5.74) is 6.80. The zero-order chi connectivity index (χ0) is 13.1. The second-order valence-corrected chi connectivity index (χ2v) is 6.35. The molecule has 96 valence electrons. The highest BCUT2D eigenvalue weighted by molar-refractivity contribution is 7.90. The van der Waals surface area contributed by atoms with Crippen molar-refractivity contribution >= 4 is 9.84 Å². The summed E-state index contributed by atoms with van der Waals surface area (Å²) < 4.78 is 28.0. The van der Waals surface area contributed by atoms with Gasteiger partial charge in [-0.1, -0.05) is 12.1 Å². The zero-order valence-corrected chi connectivity index (χ0v) is 11.2. The Balaban J connectivity index is 2.74. The number of benzene rings is 1. The van der Waals surface area contributed by atoms with E-state index in [0.29, 0.717) is 11.5 Å². The lowest BCUT2D eigenvalue weighted by atomic mass is 10.1. The van der Waals surface area contributed by atoms with Crippen molar-refractivity contribution in [1.29, 1.82) is 0 Å². The molecule has 0 aliphatic rings. The highest BCUT2D eigenvalue weighted by Gasteiger charge is 2.10. The van der Waals surface area contributed by atoms with Crippen LogP contribution < -0.4 is 5.73 Å². The quantitative estimate of drug-likeness (QED) is 0.868. The van der Waals surface area contributed by atoms with Crippen LogP contribution in [0.4, 0.5) is 0 Å². The van der Waals surface area contributed by atoms with Gasteiger partial charge in [-0.3, -0.25) is 0 Å². The number of ether oxygens (including phenoxy) is 1. The molecule has 5 heteroatoms. The van der Waals surface area contributed by atoms with Crippen LogP contribution in [0.2, 0.25) is 0 Å². The van der Waals surface area contributed by atoms with E-state index in [4.69, 9.17) is 10.5 Å². The van der Waals surface area contributed by atoms with Crippen molar-refractivity contribution < 1.29 is 13.2 Å². The summed E-state index contributed by atoms with van der Waals surface area (Å²) in [4.78, 5) is 0.304. The molecule has 0 aromatic heterocycles. The van der Waals surface area contributed by atoms with Crippen LogP contribution in [0.15, 0.2) is 29.2 Å². The lowest BCUT2D eigenvalue weighted by Crippen LogP contribution is -2.19. The van der Waals surface area contributed by atoms with Crippen LogP contribution in [-0.2, 0) is 14.6 Å². The van der Waals surface area contributed by atoms with Crippen molar-refractivity contribution in [2.45, 2.75) is 30.9 Å². The van der Waals surface area contributed by atoms with Crippen molar-refractivity contribution in [2.24, 2.45) is 5.73 Å². The first-order valence-electron chi connectivity index (χ1n) is 5.48. The topological polar surface area (TPSA) is 69.4 Å². The Morgan fingerprint density at radius 2 is 1.76 bits per heavy atom. The number of hydrogen-bond donors (Lipinski definition) is 1. The van der Waals surface area contributed by atoms with Gasteiger partial charge in [0.2, 0.25) is 0 Å². The number of rotatable bonds is 5. The van der Waals surface area contributed by atoms with Crippen LogP contribution in [-0.4, -0.2) is 27.4 Å². The minimum Gasteiger partial charge on any atom is -0.377 e. The van der Waals surface area contributed by atoms with Gasteiger partial charge in [0.15, 0.2) is 9.84 Å². The summed E-state index contributed by atoms with van der Waals surface area (Å²) in [6.45, 7) is 4.31. The Labute approximate surface area is 103 Å². The predicted molar refractivity (Wildman–Crippen MR) is 67.6 cm³/mol. The smallest absolute Gasteiger partial charge is 0.175 e. The molecule has 0 radical (unpaired) electrons. The fourth-order valence-corrected chi connectivity index (χ4v) is 1.99. The van der Waals surface area contributed by atoms with E-state index in [1.54, 1.807) is 24.3 Å². The van der Waals surface area contributed by atoms with Gasteiger partial charge in [0.25, 0.3) is 0 Å². The molecule has 1 rings (SSSR count). The van der Waals surface area contributed by atoms with E-state index in [0.717, 1.165) is 5.56 Å². The van der Waals surface area contributed by atoms with Crippen molar-refractivity contribution in [3.63, 3.8) is 0 Å². The summed E-state index contributed by atoms with van der Waals surface area (Å²) in [6, 6.07) is 6.36. The molecule has 0 heterocycles. The summed E-state index contributed by atoms with van der Waals surface area (Å²) in [5, 5.41) is 0. The lowest BCUT2D eigenvalue weighted by molar-refractivity contribution is 0.0683. The third-order valence-corrected chi connectivity index (χ3v) is 3.47. The average Bonchev–Trinajstić information content (AvgIpc) is 2.25. The van der Waals surface area contributed by atoms with Gasteiger partial charge < -0.3 is 10.5 Å². The molecule has 1 unspecified atom stereocenters. The summed E-state index contributed by atoms with van der Waals surface area (Å²) in [7, 11) is -3.14. The molecule has 1 aromatic rings. The molecule has 2 N–H and O–H groups in total. The van der Waals surface area contributed by atoms with Crippen molar-refractivity contribution in [1.82, 2.24) is 0 Å². The van der Waals surface area contributed by atoms with Crippen molar-refractivity contribution in [3.05, 3.63) is 29.8 Å². The fourth-order valence-electron chi connectivity index (χ4n) is 1.35. The minimum atomic E-state index is -3.14. The minimum absolute atomic E-state index is 0.136. The number of sulfone groups is 1. The standard InChI is InChI=1S/C12H19NO3S/c1-9(2)16-8-12(13)10-4-6-11(7-5-10)17(3,14)15/h4-7,9,12H,8,13H2,1-3H3. The Morgan fingerprint density at radius 1 is 1.24 bits per heavy atom. The molecule has 0 saturated carbocycles. The lowest BCUT2D eigenvalue weighted by Gasteiger charge is -2.14. The van der Waals surface area contributed by atoms with E-state index in [1.807, 2.05) is 13.8 Å². The molecular formula is C12H19NO3S. The molecule has 0 aliphatic carbocycles. The first kappa shape index (κ1) is 14.2. The number of hydrogen-bond acceptors (Lipinski definition) is 4. The first-order chi connectivity index (χ1) is 7.80. The summed E-state index contributed by atoms with van der Waals surface area (Å²) >= 11 is 0. The average molecular weight is 257 g/mol. The fraction of sp³-hybridized carbons (Fsp3) is 0.500. The van der Waals surface area contributed by atoms with E-state index >= 15 is 0 Å². The van der Waals surface area contributed by atoms with Crippen LogP contribution in [0.1, 0.15) is 25.5 Å². The van der Waals surface area contributed by atoms with Crippen LogP contribution in [0.5, 0.6) is 0 Å². The number of nitrogens with two attached hydrogens (primary N) is 1. The van der Waals surface area contributed by atoms with Gasteiger partial charge in [-0.2, -0.15) is 0 Å². The highest BCUT2D eigenvalue weighted by atomic mass is 32.2. The molecule has 1 atom stereocenters. The molecule has 4 nitrogen and oxygen atoms in total. The molecule has 0 spiro atoms. The third kappa shape index (κ3) is 4.46. The molecule has 1 aromatic carbocycles. The van der Waals surface area contributed by atoms with Crippen LogP contribution in [0.3, 0.4) is 0 Å². The SMILES string of the molecule is CC(C)OCC(N)c1ccc(S(C)(=O)=O)cc1. The first-order valence-corrected chi connectivity index (χ1v) is 7.37. The van der Waals surface area contributed by atoms with E-state index in [-0.39, 0.29) is 12.1 Å². The second kappa shape index (κ2) is 5.62. The van der Waals surface area contributed by atoms with Crippen LogP contribution in [0, 0.1) is 0 Å².